The van der Waals surface area contributed by atoms with E-state index in [4.69, 9.17) is 4.74 Å². The summed E-state index contributed by atoms with van der Waals surface area (Å²) in [5, 5.41) is 3.09. The van der Waals surface area contributed by atoms with Crippen LogP contribution in [0.5, 0.6) is 0 Å². The Labute approximate surface area is 128 Å². The molecule has 4 bridgehead atoms. The third-order valence-electron chi connectivity index (χ3n) is 6.60. The Morgan fingerprint density at radius 1 is 0.952 bits per heavy atom. The molecule has 21 heavy (non-hydrogen) atoms. The van der Waals surface area contributed by atoms with Gasteiger partial charge in [0.1, 0.15) is 0 Å². The third-order valence-corrected chi connectivity index (χ3v) is 6.60. The molecule has 0 heterocycles. The highest BCUT2D eigenvalue weighted by Gasteiger charge is 2.51. The number of amides is 1. The zero-order valence-electron chi connectivity index (χ0n) is 13.1. The van der Waals surface area contributed by atoms with Gasteiger partial charge in [0, 0.05) is 11.5 Å². The maximum absolute atomic E-state index is 12.1. The summed E-state index contributed by atoms with van der Waals surface area (Å²) >= 11 is 0. The van der Waals surface area contributed by atoms with Gasteiger partial charge in [0.15, 0.2) is 0 Å². The third kappa shape index (κ3) is 2.93. The lowest BCUT2D eigenvalue weighted by atomic mass is 9.50. The van der Waals surface area contributed by atoms with E-state index in [1.54, 1.807) is 0 Å². The van der Waals surface area contributed by atoms with Gasteiger partial charge in [-0.05, 0) is 69.1 Å². The minimum Gasteiger partial charge on any atom is -0.449 e. The Kier molecular flexibility index (Phi) is 3.63. The molecule has 0 aliphatic heterocycles. The Balaban J connectivity index is 1.29. The van der Waals surface area contributed by atoms with Gasteiger partial charge >= 0.3 is 6.09 Å². The van der Waals surface area contributed by atoms with Crippen LogP contribution >= 0.6 is 0 Å². The smallest absolute Gasteiger partial charge is 0.407 e. The molecule has 1 amide bonds. The van der Waals surface area contributed by atoms with Crippen LogP contribution in [0.15, 0.2) is 0 Å². The number of carbonyl (C=O) groups excluding carboxylic acids is 1. The number of nitrogens with one attached hydrogen (secondary N) is 1. The highest BCUT2D eigenvalue weighted by Crippen LogP contribution is 2.60. The molecule has 0 aromatic heterocycles. The van der Waals surface area contributed by atoms with E-state index in [-0.39, 0.29) is 6.09 Å². The zero-order chi connectivity index (χ0) is 14.3. The fourth-order valence-electron chi connectivity index (χ4n) is 6.14. The van der Waals surface area contributed by atoms with Crippen LogP contribution in [0.25, 0.3) is 0 Å². The fourth-order valence-corrected chi connectivity index (χ4v) is 6.14. The average Bonchev–Trinajstić information content (AvgIpc) is 2.45. The van der Waals surface area contributed by atoms with Crippen LogP contribution < -0.4 is 5.32 Å². The lowest BCUT2D eigenvalue weighted by Crippen LogP contribution is -2.49. The molecule has 5 saturated carbocycles. The van der Waals surface area contributed by atoms with E-state index in [9.17, 15) is 4.79 Å². The maximum Gasteiger partial charge on any atom is 0.407 e. The minimum atomic E-state index is -0.155. The van der Waals surface area contributed by atoms with Crippen LogP contribution in [0.3, 0.4) is 0 Å². The first-order chi connectivity index (χ1) is 10.2. The minimum absolute atomic E-state index is 0.155. The predicted molar refractivity (Wildman–Crippen MR) is 82.0 cm³/mol. The maximum atomic E-state index is 12.1. The van der Waals surface area contributed by atoms with Gasteiger partial charge < -0.3 is 10.1 Å². The molecule has 5 fully saturated rings. The quantitative estimate of drug-likeness (QED) is 0.843. The van der Waals surface area contributed by atoms with Gasteiger partial charge in [0.2, 0.25) is 0 Å². The Morgan fingerprint density at radius 2 is 1.52 bits per heavy atom. The second-order valence-corrected chi connectivity index (χ2v) is 8.47. The molecule has 1 N–H and O–H groups in total. The summed E-state index contributed by atoms with van der Waals surface area (Å²) < 4.78 is 5.68. The van der Waals surface area contributed by atoms with Gasteiger partial charge in [0.25, 0.3) is 0 Å². The lowest BCUT2D eigenvalue weighted by molar-refractivity contribution is -0.0822. The first kappa shape index (κ1) is 13.9. The van der Waals surface area contributed by atoms with Crippen molar-refractivity contribution in [3.63, 3.8) is 0 Å². The number of carbonyl (C=O) groups is 1. The topological polar surface area (TPSA) is 38.3 Å². The molecule has 0 unspecified atom stereocenters. The van der Waals surface area contributed by atoms with Gasteiger partial charge in [-0.15, -0.1) is 0 Å². The van der Waals surface area contributed by atoms with Crippen molar-refractivity contribution in [2.24, 2.45) is 23.2 Å². The monoisotopic (exact) mass is 291 g/mol. The van der Waals surface area contributed by atoms with E-state index < -0.39 is 0 Å². The van der Waals surface area contributed by atoms with Crippen LogP contribution in [0, 0.1) is 23.2 Å². The molecule has 5 rings (SSSR count). The van der Waals surface area contributed by atoms with E-state index in [1.165, 1.54) is 57.8 Å². The summed E-state index contributed by atoms with van der Waals surface area (Å²) in [5.74, 6) is 2.80. The summed E-state index contributed by atoms with van der Waals surface area (Å²) in [6.07, 6.45) is 14.2. The van der Waals surface area contributed by atoms with Crippen LogP contribution in [-0.2, 0) is 4.74 Å². The van der Waals surface area contributed by atoms with E-state index in [0.717, 1.165) is 30.6 Å². The van der Waals surface area contributed by atoms with Gasteiger partial charge in [-0.2, -0.15) is 0 Å². The first-order valence-electron chi connectivity index (χ1n) is 9.14. The van der Waals surface area contributed by atoms with E-state index >= 15 is 0 Å². The van der Waals surface area contributed by atoms with Gasteiger partial charge in [-0.3, -0.25) is 0 Å². The van der Waals surface area contributed by atoms with Gasteiger partial charge in [-0.25, -0.2) is 4.79 Å². The van der Waals surface area contributed by atoms with Crippen molar-refractivity contribution in [1.82, 2.24) is 5.32 Å². The average molecular weight is 291 g/mol. The number of hydrogen-bond acceptors (Lipinski definition) is 2. The molecule has 0 spiro atoms. The predicted octanol–water partition coefficient (Wildman–Crippen LogP) is 4.26. The molecule has 0 radical (unpaired) electrons. The van der Waals surface area contributed by atoms with Crippen LogP contribution in [0.2, 0.25) is 0 Å². The molecule has 0 aromatic rings. The van der Waals surface area contributed by atoms with E-state index in [0.29, 0.717) is 18.1 Å². The van der Waals surface area contributed by atoms with Gasteiger partial charge in [-0.1, -0.05) is 19.3 Å². The Morgan fingerprint density at radius 3 is 2.10 bits per heavy atom. The van der Waals surface area contributed by atoms with Crippen molar-refractivity contribution in [3.05, 3.63) is 0 Å². The van der Waals surface area contributed by atoms with Crippen LogP contribution in [-0.4, -0.2) is 18.7 Å². The van der Waals surface area contributed by atoms with Crippen molar-refractivity contribution in [2.75, 3.05) is 6.61 Å². The lowest BCUT2D eigenvalue weighted by Gasteiger charge is -2.56. The molecule has 5 aliphatic carbocycles. The molecule has 3 heteroatoms. The van der Waals surface area contributed by atoms with Crippen molar-refractivity contribution >= 4 is 6.09 Å². The molecule has 118 valence electrons. The molecule has 0 atom stereocenters. The summed E-state index contributed by atoms with van der Waals surface area (Å²) in [5.41, 5.74) is 0.346. The molecular formula is C18H29NO2. The summed E-state index contributed by atoms with van der Waals surface area (Å²) in [7, 11) is 0. The van der Waals surface area contributed by atoms with E-state index in [2.05, 4.69) is 5.32 Å². The number of ether oxygens (including phenoxy) is 1. The number of rotatable bonds is 3. The second kappa shape index (κ2) is 5.48. The molecule has 5 aliphatic rings. The second-order valence-electron chi connectivity index (χ2n) is 8.47. The molecule has 0 aromatic carbocycles. The van der Waals surface area contributed by atoms with E-state index in [1.807, 2.05) is 0 Å². The molecular weight excluding hydrogens is 262 g/mol. The fraction of sp³-hybridized carbons (Fsp3) is 0.944. The normalized spacial score (nSPS) is 42.0. The summed E-state index contributed by atoms with van der Waals surface area (Å²) in [6, 6.07) is 0.364. The first-order valence-corrected chi connectivity index (χ1v) is 9.14. The van der Waals surface area contributed by atoms with Crippen molar-refractivity contribution in [2.45, 2.75) is 76.7 Å². The molecule has 0 saturated heterocycles. The molecule has 3 nitrogen and oxygen atoms in total. The number of hydrogen-bond donors (Lipinski definition) is 1. The highest BCUT2D eigenvalue weighted by molar-refractivity contribution is 5.67. The summed E-state index contributed by atoms with van der Waals surface area (Å²) in [6.45, 7) is 0.676. The Bertz CT molecular complexity index is 365. The standard InChI is InChI=1S/C18H29NO2/c20-17(19-16-4-2-1-3-5-16)21-12-18-9-13-6-14(10-18)8-15(7-13)11-18/h13-16H,1-12H2,(H,19,20). The SMILES string of the molecule is O=C(NC1CCCCC1)OCC12CC3CC(CC(C3)C1)C2. The van der Waals surface area contributed by atoms with Crippen LogP contribution in [0.1, 0.15) is 70.6 Å². The number of alkyl carbamates (subject to hydrolysis) is 1. The van der Waals surface area contributed by atoms with Crippen LogP contribution in [0.4, 0.5) is 4.79 Å². The Hall–Kier alpha value is -0.730. The highest BCUT2D eigenvalue weighted by atomic mass is 16.5. The van der Waals surface area contributed by atoms with Gasteiger partial charge in [0.05, 0.1) is 6.61 Å². The van der Waals surface area contributed by atoms with Crippen molar-refractivity contribution < 1.29 is 9.53 Å². The summed E-state index contributed by atoms with van der Waals surface area (Å²) in [4.78, 5) is 12.1. The van der Waals surface area contributed by atoms with Crippen molar-refractivity contribution in [3.8, 4) is 0 Å². The van der Waals surface area contributed by atoms with Crippen molar-refractivity contribution in [1.29, 1.82) is 0 Å². The largest absolute Gasteiger partial charge is 0.449 e. The zero-order valence-corrected chi connectivity index (χ0v) is 13.1.